The minimum Gasteiger partial charge on any atom is -0.478 e. The minimum absolute atomic E-state index is 0.105. The van der Waals surface area contributed by atoms with E-state index in [-0.39, 0.29) is 17.9 Å². The summed E-state index contributed by atoms with van der Waals surface area (Å²) in [4.78, 5) is 10.4. The molecule has 0 amide bonds. The molecule has 3 nitrogen and oxygen atoms in total. The predicted octanol–water partition coefficient (Wildman–Crippen LogP) is 1.60. The highest BCUT2D eigenvalue weighted by molar-refractivity contribution is 5.86. The Labute approximate surface area is 93.6 Å². The lowest BCUT2D eigenvalue weighted by atomic mass is 10.1. The molecule has 0 bridgehead atoms. The van der Waals surface area contributed by atoms with Gasteiger partial charge in [0.25, 0.3) is 0 Å². The molecule has 1 aromatic carbocycles. The predicted molar refractivity (Wildman–Crippen MR) is 59.7 cm³/mol. The average Bonchev–Trinajstić information content (AvgIpc) is 2.26. The molecule has 2 N–H and O–H groups in total. The van der Waals surface area contributed by atoms with E-state index in [0.717, 1.165) is 0 Å². The molecule has 0 aliphatic heterocycles. The molecular weight excluding hydrogens is 209 g/mol. The van der Waals surface area contributed by atoms with Gasteiger partial charge in [0.05, 0.1) is 0 Å². The van der Waals surface area contributed by atoms with Crippen LogP contribution in [0.5, 0.6) is 0 Å². The maximum absolute atomic E-state index is 13.2. The Bertz CT molecular complexity index is 390. The molecule has 0 radical (unpaired) electrons. The quantitative estimate of drug-likeness (QED) is 0.569. The van der Waals surface area contributed by atoms with E-state index in [1.54, 1.807) is 18.2 Å². The first-order valence-corrected chi connectivity index (χ1v) is 4.96. The van der Waals surface area contributed by atoms with Crippen molar-refractivity contribution in [3.63, 3.8) is 0 Å². The normalized spacial score (nSPS) is 10.1. The zero-order chi connectivity index (χ0) is 12.0. The van der Waals surface area contributed by atoms with Gasteiger partial charge in [0, 0.05) is 12.1 Å². The van der Waals surface area contributed by atoms with Gasteiger partial charge in [-0.2, -0.15) is 0 Å². The van der Waals surface area contributed by atoms with Gasteiger partial charge in [-0.1, -0.05) is 24.8 Å². The van der Waals surface area contributed by atoms with Crippen molar-refractivity contribution < 1.29 is 14.3 Å². The van der Waals surface area contributed by atoms with Gasteiger partial charge in [-0.15, -0.1) is 0 Å². The number of carbonyl (C=O) groups is 1. The number of hydrogen-bond donors (Lipinski definition) is 2. The van der Waals surface area contributed by atoms with E-state index in [2.05, 4.69) is 11.9 Å². The molecule has 1 rings (SSSR count). The first-order valence-electron chi connectivity index (χ1n) is 4.96. The average molecular weight is 223 g/mol. The third-order valence-corrected chi connectivity index (χ3v) is 2.17. The Kier molecular flexibility index (Phi) is 4.66. The highest BCUT2D eigenvalue weighted by Gasteiger charge is 2.03. The molecule has 0 atom stereocenters. The molecule has 0 unspecified atom stereocenters. The zero-order valence-corrected chi connectivity index (χ0v) is 8.87. The van der Waals surface area contributed by atoms with E-state index < -0.39 is 5.97 Å². The largest absolute Gasteiger partial charge is 0.478 e. The van der Waals surface area contributed by atoms with Gasteiger partial charge >= 0.3 is 5.97 Å². The van der Waals surface area contributed by atoms with Gasteiger partial charge in [0.1, 0.15) is 5.82 Å². The van der Waals surface area contributed by atoms with Gasteiger partial charge in [0.2, 0.25) is 0 Å². The van der Waals surface area contributed by atoms with Crippen LogP contribution in [0.3, 0.4) is 0 Å². The second-order valence-corrected chi connectivity index (χ2v) is 3.43. The van der Waals surface area contributed by atoms with Crippen LogP contribution < -0.4 is 5.32 Å². The summed E-state index contributed by atoms with van der Waals surface area (Å²) in [6, 6.07) is 6.53. The summed E-state index contributed by atoms with van der Waals surface area (Å²) in [5.41, 5.74) is 0.726. The molecule has 86 valence electrons. The summed E-state index contributed by atoms with van der Waals surface area (Å²) in [6.07, 6.45) is 0.527. The Balaban J connectivity index is 2.29. The van der Waals surface area contributed by atoms with Crippen molar-refractivity contribution in [1.82, 2.24) is 5.32 Å². The van der Waals surface area contributed by atoms with Gasteiger partial charge in [-0.25, -0.2) is 9.18 Å². The Morgan fingerprint density at radius 2 is 2.12 bits per heavy atom. The van der Waals surface area contributed by atoms with E-state index in [1.807, 2.05) is 0 Å². The molecular formula is C12H14FNO2. The first kappa shape index (κ1) is 12.4. The molecule has 0 aliphatic carbocycles. The van der Waals surface area contributed by atoms with E-state index >= 15 is 0 Å². The second-order valence-electron chi connectivity index (χ2n) is 3.43. The monoisotopic (exact) mass is 223 g/mol. The van der Waals surface area contributed by atoms with Crippen LogP contribution in [0.2, 0.25) is 0 Å². The second kappa shape index (κ2) is 6.02. The number of carboxylic acid groups (broad SMARTS) is 1. The highest BCUT2D eigenvalue weighted by Crippen LogP contribution is 2.06. The Hall–Kier alpha value is -1.68. The van der Waals surface area contributed by atoms with Gasteiger partial charge in [0.15, 0.2) is 0 Å². The SMILES string of the molecule is C=C(CNCCc1ccccc1F)C(=O)O. The smallest absolute Gasteiger partial charge is 0.332 e. The fraction of sp³-hybridized carbons (Fsp3) is 0.250. The summed E-state index contributed by atoms with van der Waals surface area (Å²) in [5, 5.41) is 11.4. The molecule has 0 spiro atoms. The number of rotatable bonds is 6. The van der Waals surface area contributed by atoms with Gasteiger partial charge in [-0.3, -0.25) is 0 Å². The third-order valence-electron chi connectivity index (χ3n) is 2.17. The molecule has 1 aromatic rings. The number of carboxylic acids is 1. The summed E-state index contributed by atoms with van der Waals surface area (Å²) in [5.74, 6) is -1.25. The van der Waals surface area contributed by atoms with Crippen molar-refractivity contribution in [2.75, 3.05) is 13.1 Å². The molecule has 0 saturated carbocycles. The summed E-state index contributed by atoms with van der Waals surface area (Å²) in [7, 11) is 0. The molecule has 16 heavy (non-hydrogen) atoms. The summed E-state index contributed by atoms with van der Waals surface area (Å²) >= 11 is 0. The first-order chi connectivity index (χ1) is 7.61. The maximum Gasteiger partial charge on any atom is 0.332 e. The Morgan fingerprint density at radius 3 is 2.75 bits per heavy atom. The molecule has 0 aromatic heterocycles. The van der Waals surface area contributed by atoms with Crippen LogP contribution in [0.25, 0.3) is 0 Å². The number of aliphatic carboxylic acids is 1. The maximum atomic E-state index is 13.2. The van der Waals surface area contributed by atoms with Crippen LogP contribution in [0.4, 0.5) is 4.39 Å². The zero-order valence-electron chi connectivity index (χ0n) is 8.87. The van der Waals surface area contributed by atoms with E-state index in [4.69, 9.17) is 5.11 Å². The van der Waals surface area contributed by atoms with Crippen LogP contribution in [-0.2, 0) is 11.2 Å². The number of benzene rings is 1. The van der Waals surface area contributed by atoms with Crippen molar-refractivity contribution >= 4 is 5.97 Å². The van der Waals surface area contributed by atoms with Crippen molar-refractivity contribution in [2.45, 2.75) is 6.42 Å². The lowest BCUT2D eigenvalue weighted by molar-refractivity contribution is -0.132. The van der Waals surface area contributed by atoms with Crippen LogP contribution in [0.1, 0.15) is 5.56 Å². The molecule has 0 fully saturated rings. The van der Waals surface area contributed by atoms with Crippen LogP contribution in [-0.4, -0.2) is 24.2 Å². The van der Waals surface area contributed by atoms with E-state index in [1.165, 1.54) is 6.07 Å². The number of nitrogens with one attached hydrogen (secondary N) is 1. The standard InChI is InChI=1S/C12H14FNO2/c1-9(12(15)16)8-14-7-6-10-4-2-3-5-11(10)13/h2-5,14H,1,6-8H2,(H,15,16). The van der Waals surface area contributed by atoms with Crippen LogP contribution in [0, 0.1) is 5.82 Å². The highest BCUT2D eigenvalue weighted by atomic mass is 19.1. The fourth-order valence-electron chi connectivity index (χ4n) is 1.24. The summed E-state index contributed by atoms with van der Waals surface area (Å²) < 4.78 is 13.2. The molecule has 4 heteroatoms. The van der Waals surface area contributed by atoms with Crippen molar-refractivity contribution in [2.24, 2.45) is 0 Å². The van der Waals surface area contributed by atoms with Crippen molar-refractivity contribution in [1.29, 1.82) is 0 Å². The topological polar surface area (TPSA) is 49.3 Å². The Morgan fingerprint density at radius 1 is 1.44 bits per heavy atom. The minimum atomic E-state index is -1.02. The molecule has 0 heterocycles. The van der Waals surface area contributed by atoms with Crippen molar-refractivity contribution in [3.8, 4) is 0 Å². The summed E-state index contributed by atoms with van der Waals surface area (Å²) in [6.45, 7) is 4.11. The lowest BCUT2D eigenvalue weighted by Gasteiger charge is -2.05. The van der Waals surface area contributed by atoms with Gasteiger partial charge in [-0.05, 0) is 24.6 Å². The molecule has 0 aliphatic rings. The van der Waals surface area contributed by atoms with Crippen LogP contribution in [0.15, 0.2) is 36.4 Å². The number of hydrogen-bond acceptors (Lipinski definition) is 2. The number of halogens is 1. The van der Waals surface area contributed by atoms with Gasteiger partial charge < -0.3 is 10.4 Å². The lowest BCUT2D eigenvalue weighted by Crippen LogP contribution is -2.22. The van der Waals surface area contributed by atoms with Crippen LogP contribution >= 0.6 is 0 Å². The third kappa shape index (κ3) is 3.82. The molecule has 0 saturated heterocycles. The van der Waals surface area contributed by atoms with Crippen molar-refractivity contribution in [3.05, 3.63) is 47.8 Å². The van der Waals surface area contributed by atoms with E-state index in [0.29, 0.717) is 18.5 Å². The van der Waals surface area contributed by atoms with E-state index in [9.17, 15) is 9.18 Å². The fourth-order valence-corrected chi connectivity index (χ4v) is 1.24.